The molecule has 2 heterocycles. The van der Waals surface area contributed by atoms with Gasteiger partial charge in [-0.1, -0.05) is 6.08 Å². The molecule has 1 aliphatic carbocycles. The highest BCUT2D eigenvalue weighted by atomic mass is 16.5. The van der Waals surface area contributed by atoms with E-state index in [4.69, 9.17) is 9.47 Å². The van der Waals surface area contributed by atoms with Gasteiger partial charge in [-0.2, -0.15) is 0 Å². The van der Waals surface area contributed by atoms with E-state index in [1.165, 1.54) is 0 Å². The Kier molecular flexibility index (Phi) is 4.49. The van der Waals surface area contributed by atoms with Crippen LogP contribution < -0.4 is 0 Å². The maximum absolute atomic E-state index is 12.7. The van der Waals surface area contributed by atoms with Crippen LogP contribution in [0.1, 0.15) is 29.0 Å². The summed E-state index contributed by atoms with van der Waals surface area (Å²) in [6.07, 6.45) is 6.66. The summed E-state index contributed by atoms with van der Waals surface area (Å²) in [7, 11) is 0. The van der Waals surface area contributed by atoms with E-state index >= 15 is 0 Å². The first-order valence-electron chi connectivity index (χ1n) is 7.64. The van der Waals surface area contributed by atoms with Crippen molar-refractivity contribution in [3.8, 4) is 0 Å². The lowest BCUT2D eigenvalue weighted by Gasteiger charge is -2.38. The molecule has 0 N–H and O–H groups in total. The molecule has 6 heteroatoms. The molecule has 0 bridgehead atoms. The Morgan fingerprint density at radius 2 is 2.36 bits per heavy atom. The minimum atomic E-state index is -0.0739. The number of aromatic nitrogens is 2. The van der Waals surface area contributed by atoms with Gasteiger partial charge in [0.15, 0.2) is 0 Å². The molecule has 1 aromatic heterocycles. The number of hydrogen-bond donors (Lipinski definition) is 0. The second-order valence-corrected chi connectivity index (χ2v) is 5.68. The normalized spacial score (nSPS) is 27.5. The molecule has 0 radical (unpaired) electrons. The molecular weight excluding hydrogens is 282 g/mol. The first-order valence-corrected chi connectivity index (χ1v) is 7.64. The molecule has 1 aromatic rings. The molecule has 22 heavy (non-hydrogen) atoms. The van der Waals surface area contributed by atoms with E-state index < -0.39 is 0 Å². The summed E-state index contributed by atoms with van der Waals surface area (Å²) in [5.74, 6) is -0.0739. The SMILES string of the molecule is C=CCO[C@@H]1CC[C@H]2[C@H]1OCCN2C(=O)c1cnc(C)cn1. The van der Waals surface area contributed by atoms with Crippen molar-refractivity contribution in [3.05, 3.63) is 36.4 Å². The number of aryl methyl sites for hydroxylation is 1. The number of nitrogens with zero attached hydrogens (tertiary/aromatic N) is 3. The molecule has 3 atom stereocenters. The van der Waals surface area contributed by atoms with Gasteiger partial charge >= 0.3 is 0 Å². The first-order chi connectivity index (χ1) is 10.7. The summed E-state index contributed by atoms with van der Waals surface area (Å²) in [5.41, 5.74) is 1.19. The van der Waals surface area contributed by atoms with Gasteiger partial charge in [0.2, 0.25) is 0 Å². The molecule has 2 fully saturated rings. The highest BCUT2D eigenvalue weighted by molar-refractivity contribution is 5.92. The van der Waals surface area contributed by atoms with E-state index in [2.05, 4.69) is 16.5 Å². The van der Waals surface area contributed by atoms with Crippen LogP contribution in [0.5, 0.6) is 0 Å². The highest BCUT2D eigenvalue weighted by Crippen LogP contribution is 2.32. The van der Waals surface area contributed by atoms with E-state index in [0.717, 1.165) is 18.5 Å². The van der Waals surface area contributed by atoms with Crippen LogP contribution in [0.25, 0.3) is 0 Å². The first kappa shape index (κ1) is 15.1. The van der Waals surface area contributed by atoms with Gasteiger partial charge in [0.05, 0.1) is 37.3 Å². The van der Waals surface area contributed by atoms with Gasteiger partial charge < -0.3 is 14.4 Å². The lowest BCUT2D eigenvalue weighted by Crippen LogP contribution is -2.54. The fraction of sp³-hybridized carbons (Fsp3) is 0.562. The zero-order chi connectivity index (χ0) is 15.5. The largest absolute Gasteiger partial charge is 0.372 e. The molecular formula is C16H21N3O3. The van der Waals surface area contributed by atoms with Crippen molar-refractivity contribution in [1.29, 1.82) is 0 Å². The number of amides is 1. The molecule has 118 valence electrons. The van der Waals surface area contributed by atoms with Crippen molar-refractivity contribution in [3.63, 3.8) is 0 Å². The maximum atomic E-state index is 12.7. The van der Waals surface area contributed by atoms with Gasteiger partial charge in [0.25, 0.3) is 5.91 Å². The number of fused-ring (bicyclic) bond motifs is 1. The van der Waals surface area contributed by atoms with Gasteiger partial charge in [-0.15, -0.1) is 6.58 Å². The van der Waals surface area contributed by atoms with Gasteiger partial charge in [0.1, 0.15) is 11.8 Å². The fourth-order valence-corrected chi connectivity index (χ4v) is 3.19. The van der Waals surface area contributed by atoms with E-state index in [1.807, 2.05) is 11.8 Å². The third kappa shape index (κ3) is 2.89. The van der Waals surface area contributed by atoms with Gasteiger partial charge in [-0.3, -0.25) is 9.78 Å². The van der Waals surface area contributed by atoms with Gasteiger partial charge in [0, 0.05) is 12.7 Å². The summed E-state index contributed by atoms with van der Waals surface area (Å²) < 4.78 is 11.6. The third-order valence-electron chi connectivity index (χ3n) is 4.22. The average molecular weight is 303 g/mol. The standard InChI is InChI=1S/C16H21N3O3/c1-3-7-21-14-5-4-13-15(14)22-8-6-19(13)16(20)12-10-17-11(2)9-18-12/h3,9-10,13-15H,1,4-8H2,2H3/t13-,14+,15+/m0/s1. The Morgan fingerprint density at radius 3 is 3.09 bits per heavy atom. The third-order valence-corrected chi connectivity index (χ3v) is 4.22. The lowest BCUT2D eigenvalue weighted by molar-refractivity contribution is -0.100. The molecule has 3 rings (SSSR count). The van der Waals surface area contributed by atoms with E-state index in [0.29, 0.717) is 25.5 Å². The predicted molar refractivity (Wildman–Crippen MR) is 80.5 cm³/mol. The summed E-state index contributed by atoms with van der Waals surface area (Å²) >= 11 is 0. The van der Waals surface area contributed by atoms with E-state index in [-0.39, 0.29) is 24.2 Å². The van der Waals surface area contributed by atoms with Crippen LogP contribution in [0, 0.1) is 6.92 Å². The molecule has 1 amide bonds. The zero-order valence-corrected chi connectivity index (χ0v) is 12.8. The summed E-state index contributed by atoms with van der Waals surface area (Å²) in [6, 6.07) is 0.0548. The second kappa shape index (κ2) is 6.54. The Labute approximate surface area is 130 Å². The minimum absolute atomic E-state index is 0.0303. The highest BCUT2D eigenvalue weighted by Gasteiger charge is 2.45. The summed E-state index contributed by atoms with van der Waals surface area (Å²) in [4.78, 5) is 22.9. The summed E-state index contributed by atoms with van der Waals surface area (Å²) in [5, 5.41) is 0. The van der Waals surface area contributed by atoms with Crippen LogP contribution in [0.15, 0.2) is 25.0 Å². The lowest BCUT2D eigenvalue weighted by atomic mass is 10.1. The van der Waals surface area contributed by atoms with Crippen LogP contribution in [0.4, 0.5) is 0 Å². The number of carbonyl (C=O) groups excluding carboxylic acids is 1. The monoisotopic (exact) mass is 303 g/mol. The van der Waals surface area contributed by atoms with Crippen LogP contribution in [0.2, 0.25) is 0 Å². The Hall–Kier alpha value is -1.79. The van der Waals surface area contributed by atoms with Crippen molar-refractivity contribution in [2.24, 2.45) is 0 Å². The van der Waals surface area contributed by atoms with Crippen molar-refractivity contribution in [2.45, 2.75) is 38.0 Å². The number of ether oxygens (including phenoxy) is 2. The minimum Gasteiger partial charge on any atom is -0.372 e. The number of carbonyl (C=O) groups is 1. The second-order valence-electron chi connectivity index (χ2n) is 5.68. The number of hydrogen-bond acceptors (Lipinski definition) is 5. The molecule has 1 saturated carbocycles. The zero-order valence-electron chi connectivity index (χ0n) is 12.8. The van der Waals surface area contributed by atoms with Crippen LogP contribution in [-0.4, -0.2) is 58.8 Å². The molecule has 0 unspecified atom stereocenters. The Bertz CT molecular complexity index is 546. The average Bonchev–Trinajstić information content (AvgIpc) is 2.96. The Balaban J connectivity index is 1.73. The van der Waals surface area contributed by atoms with Crippen molar-refractivity contribution < 1.29 is 14.3 Å². The van der Waals surface area contributed by atoms with Crippen LogP contribution >= 0.6 is 0 Å². The topological polar surface area (TPSA) is 64.6 Å². The fourth-order valence-electron chi connectivity index (χ4n) is 3.19. The van der Waals surface area contributed by atoms with Gasteiger partial charge in [-0.25, -0.2) is 4.98 Å². The van der Waals surface area contributed by atoms with Crippen molar-refractivity contribution in [2.75, 3.05) is 19.8 Å². The number of rotatable bonds is 4. The van der Waals surface area contributed by atoms with E-state index in [9.17, 15) is 4.79 Å². The molecule has 6 nitrogen and oxygen atoms in total. The number of morpholine rings is 1. The van der Waals surface area contributed by atoms with Crippen molar-refractivity contribution in [1.82, 2.24) is 14.9 Å². The molecule has 1 aliphatic heterocycles. The smallest absolute Gasteiger partial charge is 0.274 e. The molecule has 1 saturated heterocycles. The predicted octanol–water partition coefficient (Wildman–Crippen LogP) is 1.36. The van der Waals surface area contributed by atoms with Crippen LogP contribution in [0.3, 0.4) is 0 Å². The van der Waals surface area contributed by atoms with Crippen LogP contribution in [-0.2, 0) is 9.47 Å². The van der Waals surface area contributed by atoms with Gasteiger partial charge in [-0.05, 0) is 19.8 Å². The molecule has 0 aromatic carbocycles. The van der Waals surface area contributed by atoms with Crippen molar-refractivity contribution >= 4 is 5.91 Å². The molecule has 2 aliphatic rings. The quantitative estimate of drug-likeness (QED) is 0.786. The molecule has 0 spiro atoms. The Morgan fingerprint density at radius 1 is 1.50 bits per heavy atom. The van der Waals surface area contributed by atoms with E-state index in [1.54, 1.807) is 18.5 Å². The summed E-state index contributed by atoms with van der Waals surface area (Å²) in [6.45, 7) is 7.15. The maximum Gasteiger partial charge on any atom is 0.274 e.